The van der Waals surface area contributed by atoms with Gasteiger partial charge in [0.25, 0.3) is 0 Å². The van der Waals surface area contributed by atoms with Crippen molar-refractivity contribution >= 4 is 0 Å². The minimum atomic E-state index is -4.68. The number of ether oxygens (including phenoxy) is 2. The Kier molecular flexibility index (Phi) is 3.94. The maximum atomic E-state index is 12.0. The summed E-state index contributed by atoms with van der Waals surface area (Å²) in [6.07, 6.45) is -4.68. The van der Waals surface area contributed by atoms with E-state index in [0.717, 1.165) is 5.56 Å². The molecule has 0 aliphatic heterocycles. The van der Waals surface area contributed by atoms with Gasteiger partial charge in [0.1, 0.15) is 18.1 Å². The van der Waals surface area contributed by atoms with Crippen molar-refractivity contribution in [2.75, 3.05) is 0 Å². The molecule has 0 heterocycles. The highest BCUT2D eigenvalue weighted by Crippen LogP contribution is 2.24. The van der Waals surface area contributed by atoms with E-state index in [1.165, 1.54) is 24.3 Å². The number of alkyl halides is 3. The molecule has 2 aromatic rings. The maximum Gasteiger partial charge on any atom is 0.573 e. The molecule has 0 aliphatic carbocycles. The van der Waals surface area contributed by atoms with Gasteiger partial charge in [0.15, 0.2) is 0 Å². The maximum absolute atomic E-state index is 12.0. The molecule has 0 saturated carbocycles. The lowest BCUT2D eigenvalue weighted by molar-refractivity contribution is -0.274. The highest BCUT2D eigenvalue weighted by molar-refractivity contribution is 5.31. The number of rotatable bonds is 4. The van der Waals surface area contributed by atoms with E-state index < -0.39 is 6.36 Å². The van der Waals surface area contributed by atoms with Crippen LogP contribution in [0.1, 0.15) is 5.56 Å². The predicted octanol–water partition coefficient (Wildman–Crippen LogP) is 3.96. The summed E-state index contributed by atoms with van der Waals surface area (Å²) >= 11 is 0. The summed E-state index contributed by atoms with van der Waals surface area (Å²) in [7, 11) is 0. The zero-order chi connectivity index (χ0) is 13.7. The highest BCUT2D eigenvalue weighted by Gasteiger charge is 2.30. The lowest BCUT2D eigenvalue weighted by Gasteiger charge is -2.10. The molecule has 0 unspecified atom stereocenters. The summed E-state index contributed by atoms with van der Waals surface area (Å²) in [6.45, 7) is 0.341. The molecule has 0 fully saturated rings. The molecule has 0 aliphatic rings. The van der Waals surface area contributed by atoms with E-state index in [1.807, 2.05) is 12.1 Å². The smallest absolute Gasteiger partial charge is 0.489 e. The lowest BCUT2D eigenvalue weighted by Crippen LogP contribution is -2.16. The third kappa shape index (κ3) is 4.54. The lowest BCUT2D eigenvalue weighted by atomic mass is 10.2. The Morgan fingerprint density at radius 3 is 2.05 bits per heavy atom. The van der Waals surface area contributed by atoms with Gasteiger partial charge < -0.3 is 9.47 Å². The van der Waals surface area contributed by atoms with Gasteiger partial charge in [-0.1, -0.05) is 24.3 Å². The van der Waals surface area contributed by atoms with Crippen LogP contribution in [0, 0.1) is 6.07 Å². The molecule has 2 aromatic carbocycles. The second kappa shape index (κ2) is 5.65. The molecule has 19 heavy (non-hydrogen) atoms. The fraction of sp³-hybridized carbons (Fsp3) is 0.143. The monoisotopic (exact) mass is 267 g/mol. The molecule has 0 N–H and O–H groups in total. The molecule has 0 amide bonds. The van der Waals surface area contributed by atoms with Gasteiger partial charge in [-0.25, -0.2) is 0 Å². The average molecular weight is 267 g/mol. The van der Waals surface area contributed by atoms with Gasteiger partial charge in [-0.15, -0.1) is 13.2 Å². The molecule has 0 aromatic heterocycles. The fourth-order valence-corrected chi connectivity index (χ4v) is 1.42. The zero-order valence-electron chi connectivity index (χ0n) is 9.78. The van der Waals surface area contributed by atoms with Crippen molar-refractivity contribution in [3.05, 3.63) is 60.2 Å². The van der Waals surface area contributed by atoms with Crippen LogP contribution in [0.4, 0.5) is 13.2 Å². The minimum absolute atomic E-state index is 0.269. The molecule has 0 atom stereocenters. The van der Waals surface area contributed by atoms with Crippen molar-refractivity contribution in [1.82, 2.24) is 0 Å². The first-order chi connectivity index (χ1) is 9.03. The quantitative estimate of drug-likeness (QED) is 0.834. The Morgan fingerprint density at radius 1 is 0.895 bits per heavy atom. The number of halogens is 3. The van der Waals surface area contributed by atoms with Crippen molar-refractivity contribution in [2.24, 2.45) is 0 Å². The van der Waals surface area contributed by atoms with Gasteiger partial charge in [0.2, 0.25) is 0 Å². The first-order valence-corrected chi connectivity index (χ1v) is 5.46. The SMILES string of the molecule is FC(F)(F)Oc1ccc(OCc2cc[c]cc2)cc1. The standard InChI is InChI=1S/C14H10F3O2/c15-14(16,17)19-13-8-6-12(7-9-13)18-10-11-4-2-1-3-5-11/h2-9H,10H2. The second-order valence-corrected chi connectivity index (χ2v) is 3.72. The molecule has 0 bridgehead atoms. The number of benzene rings is 2. The van der Waals surface area contributed by atoms with Gasteiger partial charge in [-0.2, -0.15) is 0 Å². The van der Waals surface area contributed by atoms with E-state index in [2.05, 4.69) is 10.8 Å². The Balaban J connectivity index is 1.92. The van der Waals surface area contributed by atoms with Crippen LogP contribution in [0.2, 0.25) is 0 Å². The summed E-state index contributed by atoms with van der Waals surface area (Å²) < 4.78 is 45.1. The summed E-state index contributed by atoms with van der Waals surface area (Å²) in [4.78, 5) is 0. The minimum Gasteiger partial charge on any atom is -0.489 e. The van der Waals surface area contributed by atoms with Crippen LogP contribution < -0.4 is 9.47 Å². The first-order valence-electron chi connectivity index (χ1n) is 5.46. The van der Waals surface area contributed by atoms with Gasteiger partial charge in [0.05, 0.1) is 0 Å². The Morgan fingerprint density at radius 2 is 1.47 bits per heavy atom. The zero-order valence-corrected chi connectivity index (χ0v) is 9.78. The third-order valence-electron chi connectivity index (χ3n) is 2.25. The van der Waals surface area contributed by atoms with E-state index >= 15 is 0 Å². The molecule has 0 saturated heterocycles. The van der Waals surface area contributed by atoms with Crippen molar-refractivity contribution < 1.29 is 22.6 Å². The third-order valence-corrected chi connectivity index (χ3v) is 2.25. The highest BCUT2D eigenvalue weighted by atomic mass is 19.4. The van der Waals surface area contributed by atoms with E-state index in [0.29, 0.717) is 12.4 Å². The summed E-state index contributed by atoms with van der Waals surface area (Å²) in [6, 6.07) is 15.4. The molecule has 1 radical (unpaired) electrons. The van der Waals surface area contributed by atoms with Crippen LogP contribution in [0.3, 0.4) is 0 Å². The molecular weight excluding hydrogens is 257 g/mol. The summed E-state index contributed by atoms with van der Waals surface area (Å²) in [5, 5.41) is 0. The number of hydrogen-bond acceptors (Lipinski definition) is 2. The summed E-state index contributed by atoms with van der Waals surface area (Å²) in [5.41, 5.74) is 0.953. The molecule has 2 nitrogen and oxygen atoms in total. The fourth-order valence-electron chi connectivity index (χ4n) is 1.42. The Bertz CT molecular complexity index is 506. The Hall–Kier alpha value is -2.17. The van der Waals surface area contributed by atoms with E-state index in [4.69, 9.17) is 4.74 Å². The Labute approximate surface area is 108 Å². The van der Waals surface area contributed by atoms with Crippen molar-refractivity contribution in [1.29, 1.82) is 0 Å². The molecule has 2 rings (SSSR count). The normalized spacial score (nSPS) is 11.1. The van der Waals surface area contributed by atoms with Crippen LogP contribution in [0.25, 0.3) is 0 Å². The molecule has 0 spiro atoms. The second-order valence-electron chi connectivity index (χ2n) is 3.72. The van der Waals surface area contributed by atoms with Crippen molar-refractivity contribution in [2.45, 2.75) is 13.0 Å². The van der Waals surface area contributed by atoms with E-state index in [-0.39, 0.29) is 5.75 Å². The topological polar surface area (TPSA) is 18.5 Å². The van der Waals surface area contributed by atoms with Gasteiger partial charge >= 0.3 is 6.36 Å². The van der Waals surface area contributed by atoms with Crippen LogP contribution in [0.5, 0.6) is 11.5 Å². The van der Waals surface area contributed by atoms with Crippen molar-refractivity contribution in [3.63, 3.8) is 0 Å². The van der Waals surface area contributed by atoms with E-state index in [9.17, 15) is 13.2 Å². The van der Waals surface area contributed by atoms with Crippen LogP contribution in [-0.2, 0) is 6.61 Å². The van der Waals surface area contributed by atoms with Crippen molar-refractivity contribution in [3.8, 4) is 11.5 Å². The largest absolute Gasteiger partial charge is 0.573 e. The predicted molar refractivity (Wildman–Crippen MR) is 62.7 cm³/mol. The van der Waals surface area contributed by atoms with Gasteiger partial charge in [0, 0.05) is 0 Å². The summed E-state index contributed by atoms with van der Waals surface area (Å²) in [5.74, 6) is 0.205. The molecular formula is C14H10F3O2. The average Bonchev–Trinajstić information content (AvgIpc) is 2.37. The van der Waals surface area contributed by atoms with Gasteiger partial charge in [-0.05, 0) is 35.9 Å². The van der Waals surface area contributed by atoms with Crippen LogP contribution >= 0.6 is 0 Å². The first kappa shape index (κ1) is 13.3. The van der Waals surface area contributed by atoms with E-state index in [1.54, 1.807) is 12.1 Å². The molecule has 99 valence electrons. The van der Waals surface area contributed by atoms with Crippen LogP contribution in [-0.4, -0.2) is 6.36 Å². The molecule has 5 heteroatoms. The van der Waals surface area contributed by atoms with Gasteiger partial charge in [-0.3, -0.25) is 0 Å². The number of hydrogen-bond donors (Lipinski definition) is 0. The van der Waals surface area contributed by atoms with Crippen LogP contribution in [0.15, 0.2) is 48.5 Å².